The van der Waals surface area contributed by atoms with Crippen LogP contribution in [0.5, 0.6) is 0 Å². The predicted molar refractivity (Wildman–Crippen MR) is 93.0 cm³/mol. The van der Waals surface area contributed by atoms with Crippen LogP contribution >= 0.6 is 12.2 Å². The minimum absolute atomic E-state index is 0.911. The Labute approximate surface area is 131 Å². The Balaban J connectivity index is 3.12. The molecule has 0 saturated carbocycles. The normalized spacial score (nSPS) is 10.9. The summed E-state index contributed by atoms with van der Waals surface area (Å²) < 4.78 is 4.80. The second kappa shape index (κ2) is 16.5. The van der Waals surface area contributed by atoms with Crippen LogP contribution in [0.3, 0.4) is 0 Å². The topological polar surface area (TPSA) is 21.3 Å². The number of nitrogens with one attached hydrogen (secondary N) is 1. The van der Waals surface area contributed by atoms with E-state index in [1.165, 1.54) is 70.6 Å². The van der Waals surface area contributed by atoms with Gasteiger partial charge < -0.3 is 10.1 Å². The van der Waals surface area contributed by atoms with Crippen molar-refractivity contribution in [2.75, 3.05) is 7.11 Å². The molecule has 0 unspecified atom stereocenters. The number of thiocarbonyl (C=S) groups is 1. The molecule has 20 heavy (non-hydrogen) atoms. The third-order valence-corrected chi connectivity index (χ3v) is 3.78. The zero-order valence-electron chi connectivity index (χ0n) is 13.5. The van der Waals surface area contributed by atoms with Crippen LogP contribution in [0, 0.1) is 0 Å². The molecule has 0 aliphatic rings. The van der Waals surface area contributed by atoms with Gasteiger partial charge in [0.25, 0.3) is 0 Å². The van der Waals surface area contributed by atoms with Gasteiger partial charge in [-0.15, -0.1) is 0 Å². The van der Waals surface area contributed by atoms with E-state index in [-0.39, 0.29) is 0 Å². The third-order valence-electron chi connectivity index (χ3n) is 3.46. The average molecular weight is 300 g/mol. The van der Waals surface area contributed by atoms with E-state index in [1.54, 1.807) is 19.6 Å². The predicted octanol–water partition coefficient (Wildman–Crippen LogP) is 5.72. The molecule has 0 rings (SSSR count). The lowest BCUT2D eigenvalue weighted by atomic mass is 10.1. The largest absolute Gasteiger partial charge is 0.503 e. The minimum atomic E-state index is 0.911. The molecular formula is C17H33NOS. The Morgan fingerprint density at radius 2 is 1.40 bits per heavy atom. The van der Waals surface area contributed by atoms with Crippen LogP contribution in [-0.4, -0.2) is 12.1 Å². The van der Waals surface area contributed by atoms with Crippen LogP contribution in [0.25, 0.3) is 0 Å². The van der Waals surface area contributed by atoms with Crippen molar-refractivity contribution in [2.24, 2.45) is 0 Å². The maximum absolute atomic E-state index is 5.22. The van der Waals surface area contributed by atoms with Gasteiger partial charge in [0, 0.05) is 6.20 Å². The van der Waals surface area contributed by atoms with Crippen molar-refractivity contribution in [3.8, 4) is 0 Å². The number of rotatable bonds is 14. The summed E-state index contributed by atoms with van der Waals surface area (Å²) in [5.41, 5.74) is 0. The molecule has 2 nitrogen and oxygen atoms in total. The Hall–Kier alpha value is -0.570. The maximum Gasteiger partial charge on any atom is 0.0984 e. The van der Waals surface area contributed by atoms with Gasteiger partial charge in [0.2, 0.25) is 0 Å². The molecule has 0 heterocycles. The van der Waals surface area contributed by atoms with Gasteiger partial charge in [-0.05, 0) is 12.8 Å². The molecule has 118 valence electrons. The lowest BCUT2D eigenvalue weighted by Gasteiger charge is -2.04. The Morgan fingerprint density at radius 1 is 0.900 bits per heavy atom. The number of unbranched alkanes of at least 4 members (excludes halogenated alkanes) is 10. The highest BCUT2D eigenvalue weighted by Gasteiger charge is 1.95. The molecule has 0 aliphatic carbocycles. The fraction of sp³-hybridized carbons (Fsp3) is 0.824. The fourth-order valence-corrected chi connectivity index (χ4v) is 2.43. The van der Waals surface area contributed by atoms with E-state index in [2.05, 4.69) is 12.2 Å². The van der Waals surface area contributed by atoms with Crippen LogP contribution in [0.4, 0.5) is 0 Å². The molecule has 0 bridgehead atoms. The van der Waals surface area contributed by atoms with Crippen LogP contribution < -0.4 is 5.32 Å². The first-order valence-electron chi connectivity index (χ1n) is 8.28. The Morgan fingerprint density at radius 3 is 1.90 bits per heavy atom. The van der Waals surface area contributed by atoms with E-state index in [1.807, 2.05) is 0 Å². The summed E-state index contributed by atoms with van der Waals surface area (Å²) in [5.74, 6) is 0. The first-order valence-corrected chi connectivity index (χ1v) is 8.69. The first kappa shape index (κ1) is 19.4. The van der Waals surface area contributed by atoms with Crippen LogP contribution in [0.15, 0.2) is 12.5 Å². The van der Waals surface area contributed by atoms with E-state index < -0.39 is 0 Å². The molecule has 0 fully saturated rings. The zero-order valence-corrected chi connectivity index (χ0v) is 14.3. The molecule has 0 saturated heterocycles. The van der Waals surface area contributed by atoms with E-state index in [9.17, 15) is 0 Å². The summed E-state index contributed by atoms with van der Waals surface area (Å²) in [5, 5.41) is 3.04. The fourth-order valence-electron chi connectivity index (χ4n) is 2.22. The van der Waals surface area contributed by atoms with E-state index >= 15 is 0 Å². The van der Waals surface area contributed by atoms with Crippen LogP contribution in [0.1, 0.15) is 84.0 Å². The average Bonchev–Trinajstić information content (AvgIpc) is 2.45. The lowest BCUT2D eigenvalue weighted by molar-refractivity contribution is 0.336. The molecule has 0 aromatic carbocycles. The van der Waals surface area contributed by atoms with Crippen LogP contribution in [-0.2, 0) is 4.74 Å². The van der Waals surface area contributed by atoms with E-state index in [4.69, 9.17) is 17.0 Å². The highest BCUT2D eigenvalue weighted by Crippen LogP contribution is 2.11. The van der Waals surface area contributed by atoms with Crippen molar-refractivity contribution in [2.45, 2.75) is 84.0 Å². The summed E-state index contributed by atoms with van der Waals surface area (Å²) >= 11 is 5.22. The molecule has 0 spiro atoms. The highest BCUT2D eigenvalue weighted by molar-refractivity contribution is 7.80. The van der Waals surface area contributed by atoms with Gasteiger partial charge in [-0.25, -0.2) is 0 Å². The Kier molecular flexibility index (Phi) is 16.0. The monoisotopic (exact) mass is 299 g/mol. The molecule has 0 atom stereocenters. The second-order valence-electron chi connectivity index (χ2n) is 5.39. The van der Waals surface area contributed by atoms with Gasteiger partial charge in [0.05, 0.1) is 18.4 Å². The SMILES string of the molecule is CCCCCCCCCCCCCC(=S)N/C=C/OC. The minimum Gasteiger partial charge on any atom is -0.503 e. The van der Waals surface area contributed by atoms with Gasteiger partial charge in [-0.2, -0.15) is 0 Å². The van der Waals surface area contributed by atoms with Gasteiger partial charge in [-0.3, -0.25) is 0 Å². The van der Waals surface area contributed by atoms with Crippen molar-refractivity contribution in [3.05, 3.63) is 12.5 Å². The van der Waals surface area contributed by atoms with Crippen molar-refractivity contribution >= 4 is 17.2 Å². The highest BCUT2D eigenvalue weighted by atomic mass is 32.1. The van der Waals surface area contributed by atoms with E-state index in [0.717, 1.165) is 11.4 Å². The summed E-state index contributed by atoms with van der Waals surface area (Å²) in [4.78, 5) is 0.911. The molecule has 1 N–H and O–H groups in total. The number of hydrogen-bond acceptors (Lipinski definition) is 2. The number of hydrogen-bond donors (Lipinski definition) is 1. The maximum atomic E-state index is 5.22. The molecule has 0 aromatic rings. The summed E-state index contributed by atoms with van der Waals surface area (Å²) in [7, 11) is 1.63. The van der Waals surface area contributed by atoms with Crippen LogP contribution in [0.2, 0.25) is 0 Å². The van der Waals surface area contributed by atoms with Crippen molar-refractivity contribution in [3.63, 3.8) is 0 Å². The van der Waals surface area contributed by atoms with Gasteiger partial charge in [0.15, 0.2) is 0 Å². The first-order chi connectivity index (χ1) is 9.81. The van der Waals surface area contributed by atoms with Crippen molar-refractivity contribution in [1.82, 2.24) is 5.32 Å². The molecule has 0 amide bonds. The standard InChI is InChI=1S/C17H33NOS/c1-3-4-5-6-7-8-9-10-11-12-13-14-17(20)18-15-16-19-2/h15-16H,3-14H2,1-2H3,(H,18,20)/b16-15+. The van der Waals surface area contributed by atoms with Crippen molar-refractivity contribution in [1.29, 1.82) is 0 Å². The summed E-state index contributed by atoms with van der Waals surface area (Å²) in [6, 6.07) is 0. The number of methoxy groups -OCH3 is 1. The summed E-state index contributed by atoms with van der Waals surface area (Å²) in [6.45, 7) is 2.27. The molecule has 0 radical (unpaired) electrons. The Bertz CT molecular complexity index is 241. The third kappa shape index (κ3) is 15.5. The quantitative estimate of drug-likeness (QED) is 0.252. The second-order valence-corrected chi connectivity index (χ2v) is 5.88. The molecular weight excluding hydrogens is 266 g/mol. The zero-order chi connectivity index (χ0) is 14.9. The smallest absolute Gasteiger partial charge is 0.0984 e. The van der Waals surface area contributed by atoms with Gasteiger partial charge in [0.1, 0.15) is 0 Å². The van der Waals surface area contributed by atoms with Crippen molar-refractivity contribution < 1.29 is 4.74 Å². The molecule has 0 aromatic heterocycles. The van der Waals surface area contributed by atoms with Gasteiger partial charge in [-0.1, -0.05) is 83.3 Å². The van der Waals surface area contributed by atoms with Gasteiger partial charge >= 0.3 is 0 Å². The van der Waals surface area contributed by atoms with E-state index in [0.29, 0.717) is 0 Å². The molecule has 3 heteroatoms. The molecule has 0 aliphatic heterocycles. The number of ether oxygens (including phenoxy) is 1. The lowest BCUT2D eigenvalue weighted by Crippen LogP contribution is -2.13. The summed E-state index contributed by atoms with van der Waals surface area (Å²) in [6.07, 6.45) is 19.5.